The minimum absolute atomic E-state index is 0.0269. The van der Waals surface area contributed by atoms with E-state index in [-0.39, 0.29) is 23.5 Å². The number of hydrogen-bond donors (Lipinski definition) is 1. The Labute approximate surface area is 149 Å². The topological polar surface area (TPSA) is 41.5 Å². The summed E-state index contributed by atoms with van der Waals surface area (Å²) in [6, 6.07) is 3.94. The monoisotopic (exact) mass is 388 g/mol. The maximum absolute atomic E-state index is 14.2. The van der Waals surface area contributed by atoms with Crippen LogP contribution in [0.5, 0.6) is 0 Å². The average Bonchev–Trinajstić information content (AvgIpc) is 2.74. The second kappa shape index (κ2) is 6.68. The Morgan fingerprint density at radius 3 is 2.35 bits per heavy atom. The van der Waals surface area contributed by atoms with E-state index in [1.54, 1.807) is 0 Å². The first-order valence-corrected chi connectivity index (χ1v) is 7.72. The molecule has 0 spiro atoms. The zero-order valence-corrected chi connectivity index (χ0v) is 13.6. The first kappa shape index (κ1) is 18.3. The SMILES string of the molecule is O=CC1CN=C(c2c(F)cccc2F)c2c(ccc(C(F)(F)F)c2Cl)N1. The van der Waals surface area contributed by atoms with Crippen LogP contribution in [0.25, 0.3) is 0 Å². The molecule has 0 saturated carbocycles. The predicted molar refractivity (Wildman–Crippen MR) is 86.8 cm³/mol. The summed E-state index contributed by atoms with van der Waals surface area (Å²) in [5.74, 6) is -2.01. The van der Waals surface area contributed by atoms with Crippen LogP contribution < -0.4 is 5.32 Å². The van der Waals surface area contributed by atoms with E-state index in [9.17, 15) is 26.7 Å². The molecule has 0 bridgehead atoms. The standard InChI is InChI=1S/C17H10ClF5N2O/c18-15-9(17(21,22)23)4-5-12-14(15)16(24-6-8(7-26)25-12)13-10(19)2-1-3-11(13)20/h1-5,7-8,25H,6H2. The number of rotatable bonds is 2. The Hall–Kier alpha value is -2.48. The highest BCUT2D eigenvalue weighted by Gasteiger charge is 2.37. The zero-order chi connectivity index (χ0) is 19.1. The van der Waals surface area contributed by atoms with Gasteiger partial charge in [0.05, 0.1) is 28.4 Å². The number of nitrogens with zero attached hydrogens (tertiary/aromatic N) is 1. The largest absolute Gasteiger partial charge is 0.417 e. The Bertz CT molecular complexity index is 891. The quantitative estimate of drug-likeness (QED) is 0.609. The maximum atomic E-state index is 14.2. The van der Waals surface area contributed by atoms with Gasteiger partial charge in [-0.15, -0.1) is 0 Å². The van der Waals surface area contributed by atoms with E-state index in [0.717, 1.165) is 30.3 Å². The Morgan fingerprint density at radius 1 is 1.12 bits per heavy atom. The summed E-state index contributed by atoms with van der Waals surface area (Å²) < 4.78 is 68.1. The number of aldehydes is 1. The zero-order valence-electron chi connectivity index (χ0n) is 12.9. The third kappa shape index (κ3) is 3.16. The molecule has 9 heteroatoms. The van der Waals surface area contributed by atoms with E-state index in [4.69, 9.17) is 11.6 Å². The number of fused-ring (bicyclic) bond motifs is 1. The van der Waals surface area contributed by atoms with E-state index in [1.165, 1.54) is 0 Å². The molecule has 26 heavy (non-hydrogen) atoms. The molecule has 0 amide bonds. The number of carbonyl (C=O) groups is 1. The van der Waals surface area contributed by atoms with Crippen molar-refractivity contribution in [3.63, 3.8) is 0 Å². The van der Waals surface area contributed by atoms with Crippen LogP contribution in [0.15, 0.2) is 35.3 Å². The van der Waals surface area contributed by atoms with Gasteiger partial charge >= 0.3 is 6.18 Å². The van der Waals surface area contributed by atoms with Crippen LogP contribution in [0.2, 0.25) is 5.02 Å². The number of hydrogen-bond acceptors (Lipinski definition) is 3. The third-order valence-electron chi connectivity index (χ3n) is 3.83. The number of halogens is 6. The third-order valence-corrected chi connectivity index (χ3v) is 4.23. The first-order valence-electron chi connectivity index (χ1n) is 7.34. The summed E-state index contributed by atoms with van der Waals surface area (Å²) in [6.45, 7) is -0.223. The van der Waals surface area contributed by atoms with Gasteiger partial charge in [0.25, 0.3) is 0 Å². The fourth-order valence-corrected chi connectivity index (χ4v) is 3.03. The molecule has 1 heterocycles. The molecule has 1 aliphatic rings. The van der Waals surface area contributed by atoms with E-state index in [0.29, 0.717) is 6.29 Å². The van der Waals surface area contributed by atoms with Gasteiger partial charge in [-0.05, 0) is 24.3 Å². The summed E-state index contributed by atoms with van der Waals surface area (Å²) in [6.07, 6.45) is -4.28. The van der Waals surface area contributed by atoms with E-state index in [1.807, 2.05) is 0 Å². The predicted octanol–water partition coefficient (Wildman–Crippen LogP) is 4.47. The molecule has 0 aliphatic carbocycles. The van der Waals surface area contributed by atoms with Crippen LogP contribution in [0, 0.1) is 11.6 Å². The second-order valence-corrected chi connectivity index (χ2v) is 5.90. The molecular formula is C17H10ClF5N2O. The van der Waals surface area contributed by atoms with E-state index in [2.05, 4.69) is 10.3 Å². The highest BCUT2D eigenvalue weighted by atomic mass is 35.5. The number of aliphatic imine (C=N–C) groups is 1. The number of nitrogens with one attached hydrogen (secondary N) is 1. The first-order chi connectivity index (χ1) is 12.2. The molecule has 2 aromatic rings. The van der Waals surface area contributed by atoms with E-state index >= 15 is 0 Å². The van der Waals surface area contributed by atoms with Crippen molar-refractivity contribution in [1.29, 1.82) is 0 Å². The summed E-state index contributed by atoms with van der Waals surface area (Å²) in [4.78, 5) is 15.1. The molecule has 3 rings (SSSR count). The molecule has 0 aromatic heterocycles. The Kier molecular flexibility index (Phi) is 4.70. The van der Waals surface area contributed by atoms with Crippen molar-refractivity contribution in [3.8, 4) is 0 Å². The Balaban J connectivity index is 2.33. The van der Waals surface area contributed by atoms with Crippen LogP contribution in [0.4, 0.5) is 27.6 Å². The van der Waals surface area contributed by atoms with Crippen molar-refractivity contribution in [2.75, 3.05) is 11.9 Å². The van der Waals surface area contributed by atoms with Gasteiger partial charge in [-0.25, -0.2) is 8.78 Å². The number of carbonyl (C=O) groups excluding carboxylic acids is 1. The van der Waals surface area contributed by atoms with Gasteiger partial charge in [0, 0.05) is 11.3 Å². The van der Waals surface area contributed by atoms with E-state index < -0.39 is 40.0 Å². The minimum atomic E-state index is -4.78. The number of anilines is 1. The summed E-state index contributed by atoms with van der Waals surface area (Å²) in [7, 11) is 0. The molecule has 1 unspecified atom stereocenters. The lowest BCUT2D eigenvalue weighted by atomic mass is 9.97. The van der Waals surface area contributed by atoms with Crippen molar-refractivity contribution in [2.24, 2.45) is 4.99 Å². The molecule has 3 nitrogen and oxygen atoms in total. The molecule has 0 saturated heterocycles. The highest BCUT2D eigenvalue weighted by Crippen LogP contribution is 2.41. The van der Waals surface area contributed by atoms with Gasteiger partial charge in [-0.3, -0.25) is 4.99 Å². The number of benzodiazepines with no additional fused rings is 1. The van der Waals surface area contributed by atoms with Gasteiger partial charge in [0.1, 0.15) is 24.0 Å². The number of benzene rings is 2. The molecular weight excluding hydrogens is 379 g/mol. The second-order valence-electron chi connectivity index (χ2n) is 5.52. The van der Waals surface area contributed by atoms with Gasteiger partial charge in [-0.1, -0.05) is 17.7 Å². The van der Waals surface area contributed by atoms with Crippen LogP contribution >= 0.6 is 11.6 Å². The Morgan fingerprint density at radius 2 is 1.77 bits per heavy atom. The van der Waals surface area contributed by atoms with Gasteiger partial charge in [-0.2, -0.15) is 13.2 Å². The smallest absolute Gasteiger partial charge is 0.373 e. The van der Waals surface area contributed by atoms with Crippen molar-refractivity contribution >= 4 is 29.3 Å². The van der Waals surface area contributed by atoms with Crippen molar-refractivity contribution in [3.05, 3.63) is 63.7 Å². The molecule has 136 valence electrons. The molecule has 0 radical (unpaired) electrons. The van der Waals surface area contributed by atoms with Crippen LogP contribution in [-0.4, -0.2) is 24.6 Å². The van der Waals surface area contributed by atoms with Gasteiger partial charge < -0.3 is 10.1 Å². The van der Waals surface area contributed by atoms with Crippen LogP contribution in [0.3, 0.4) is 0 Å². The van der Waals surface area contributed by atoms with Crippen LogP contribution in [-0.2, 0) is 11.0 Å². The van der Waals surface area contributed by atoms with Crippen molar-refractivity contribution in [2.45, 2.75) is 12.2 Å². The summed E-state index contributed by atoms with van der Waals surface area (Å²) >= 11 is 5.95. The van der Waals surface area contributed by atoms with Gasteiger partial charge in [0.15, 0.2) is 0 Å². The minimum Gasteiger partial charge on any atom is -0.373 e. The lowest BCUT2D eigenvalue weighted by Crippen LogP contribution is -2.23. The fraction of sp³-hybridized carbons (Fsp3) is 0.176. The highest BCUT2D eigenvalue weighted by molar-refractivity contribution is 6.37. The van der Waals surface area contributed by atoms with Crippen molar-refractivity contribution in [1.82, 2.24) is 0 Å². The summed E-state index contributed by atoms with van der Waals surface area (Å²) in [5.41, 5.74) is -2.45. The number of alkyl halides is 3. The summed E-state index contributed by atoms with van der Waals surface area (Å²) in [5, 5.41) is 1.93. The maximum Gasteiger partial charge on any atom is 0.417 e. The molecule has 1 atom stereocenters. The normalized spacial score (nSPS) is 17.0. The fourth-order valence-electron chi connectivity index (χ4n) is 2.67. The van der Waals surface area contributed by atoms with Gasteiger partial charge in [0.2, 0.25) is 0 Å². The van der Waals surface area contributed by atoms with Crippen LogP contribution in [0.1, 0.15) is 16.7 Å². The lowest BCUT2D eigenvalue weighted by molar-refractivity contribution is -0.137. The van der Waals surface area contributed by atoms with Crippen molar-refractivity contribution < 1.29 is 26.7 Å². The molecule has 1 aliphatic heterocycles. The molecule has 1 N–H and O–H groups in total. The molecule has 2 aromatic carbocycles. The average molecular weight is 389 g/mol. The molecule has 0 fully saturated rings. The lowest BCUT2D eigenvalue weighted by Gasteiger charge is -2.18.